The predicted octanol–water partition coefficient (Wildman–Crippen LogP) is 4.07. The summed E-state index contributed by atoms with van der Waals surface area (Å²) in [5, 5.41) is 8.49. The lowest BCUT2D eigenvalue weighted by atomic mass is 10.2. The van der Waals surface area contributed by atoms with Gasteiger partial charge < -0.3 is 9.62 Å². The Labute approximate surface area is 145 Å². The molecule has 8 nitrogen and oxygen atoms in total. The monoisotopic (exact) mass is 367 g/mol. The van der Waals surface area contributed by atoms with Crippen molar-refractivity contribution in [1.29, 1.82) is 0 Å². The van der Waals surface area contributed by atoms with E-state index in [-0.39, 0.29) is 5.69 Å². The number of benzene rings is 1. The van der Waals surface area contributed by atoms with Crippen LogP contribution in [0.5, 0.6) is 0 Å². The lowest BCUT2D eigenvalue weighted by Gasteiger charge is -2.26. The normalized spacial score (nSPS) is 11.8. The van der Waals surface area contributed by atoms with E-state index in [4.69, 9.17) is 0 Å². The van der Waals surface area contributed by atoms with Gasteiger partial charge in [-0.2, -0.15) is 4.37 Å². The molecule has 24 heavy (non-hydrogen) atoms. The first-order valence-electron chi connectivity index (χ1n) is 7.36. The number of azo groups is 1. The molecule has 0 amide bonds. The molecule has 10 heteroatoms. The van der Waals surface area contributed by atoms with Crippen molar-refractivity contribution in [2.75, 3.05) is 24.2 Å². The summed E-state index contributed by atoms with van der Waals surface area (Å²) in [5.74, 6) is 0.617. The van der Waals surface area contributed by atoms with Crippen LogP contribution < -0.4 is 4.90 Å². The van der Waals surface area contributed by atoms with Crippen molar-refractivity contribution < 1.29 is 8.42 Å². The molecule has 0 unspecified atom stereocenters. The van der Waals surface area contributed by atoms with Crippen molar-refractivity contribution in [2.45, 2.75) is 20.8 Å². The maximum Gasteiger partial charge on any atom is 0.249 e. The smallest absolute Gasteiger partial charge is 0.249 e. The summed E-state index contributed by atoms with van der Waals surface area (Å²) in [6, 6.07) is 5.27. The van der Waals surface area contributed by atoms with E-state index in [9.17, 15) is 8.42 Å². The molecule has 0 spiro atoms. The second-order valence-electron chi connectivity index (χ2n) is 4.99. The topological polar surface area (TPSA) is 102 Å². The van der Waals surface area contributed by atoms with Crippen molar-refractivity contribution in [1.82, 2.24) is 9.36 Å². The van der Waals surface area contributed by atoms with Gasteiger partial charge in [-0.3, -0.25) is 0 Å². The van der Waals surface area contributed by atoms with E-state index in [2.05, 4.69) is 29.2 Å². The fourth-order valence-electron chi connectivity index (χ4n) is 2.06. The second kappa shape index (κ2) is 7.67. The molecule has 0 radical (unpaired) electrons. The van der Waals surface area contributed by atoms with Gasteiger partial charge in [-0.15, -0.1) is 10.2 Å². The average molecular weight is 367 g/mol. The first kappa shape index (κ1) is 18.3. The van der Waals surface area contributed by atoms with Crippen LogP contribution in [0, 0.1) is 6.92 Å². The molecule has 1 heterocycles. The molecule has 130 valence electrons. The molecular weight excluding hydrogens is 348 g/mol. The maximum atomic E-state index is 11.6. The van der Waals surface area contributed by atoms with Crippen molar-refractivity contribution in [3.05, 3.63) is 28.7 Å². The molecule has 0 N–H and O–H groups in total. The van der Waals surface area contributed by atoms with Crippen LogP contribution in [0.25, 0.3) is 4.72 Å². The molecule has 1 aromatic heterocycles. The standard InChI is InChI=1S/C14H19N6O2S2/c1-5-20(6-2)11-7-8-12(13(9-11)19-24(4,21)22)16-17-14-15-10(3)18-23-14/h7-9H,5-6H2,1-4H3/q-1. The Morgan fingerprint density at radius 1 is 1.25 bits per heavy atom. The molecule has 0 atom stereocenters. The SMILES string of the molecule is CCN(CC)c1ccc(N=Nc2nc(C)ns2)c([N-]S(C)(=O)=O)c1. The Hall–Kier alpha value is -2.07. The Bertz CT molecular complexity index is 828. The van der Waals surface area contributed by atoms with Crippen LogP contribution in [0.1, 0.15) is 19.7 Å². The van der Waals surface area contributed by atoms with Crippen LogP contribution >= 0.6 is 11.5 Å². The number of anilines is 1. The van der Waals surface area contributed by atoms with Crippen molar-refractivity contribution in [2.24, 2.45) is 10.2 Å². The van der Waals surface area contributed by atoms with Crippen LogP contribution in [0.2, 0.25) is 0 Å². The number of aryl methyl sites for hydroxylation is 1. The minimum absolute atomic E-state index is 0.256. The fourth-order valence-corrected chi connectivity index (χ4v) is 3.07. The van der Waals surface area contributed by atoms with E-state index in [0.717, 1.165) is 36.6 Å². The lowest BCUT2D eigenvalue weighted by molar-refractivity contribution is 0.609. The number of aromatic nitrogens is 2. The van der Waals surface area contributed by atoms with Crippen molar-refractivity contribution in [3.63, 3.8) is 0 Å². The van der Waals surface area contributed by atoms with Crippen LogP contribution in [0.3, 0.4) is 0 Å². The number of hydrogen-bond donors (Lipinski definition) is 0. The third kappa shape index (κ3) is 4.96. The Balaban J connectivity index is 2.40. The summed E-state index contributed by atoms with van der Waals surface area (Å²) in [6.45, 7) is 7.43. The molecule has 2 rings (SSSR count). The largest absolute Gasteiger partial charge is 0.575 e. The molecule has 0 fully saturated rings. The first-order valence-corrected chi connectivity index (χ1v) is 9.98. The fraction of sp³-hybridized carbons (Fsp3) is 0.429. The molecule has 0 aliphatic carbocycles. The Morgan fingerprint density at radius 3 is 2.50 bits per heavy atom. The zero-order valence-electron chi connectivity index (χ0n) is 14.0. The number of nitrogens with zero attached hydrogens (tertiary/aromatic N) is 6. The summed E-state index contributed by atoms with van der Waals surface area (Å²) in [5.41, 5.74) is 1.50. The highest BCUT2D eigenvalue weighted by Gasteiger charge is 2.05. The van der Waals surface area contributed by atoms with E-state index in [1.54, 1.807) is 19.1 Å². The Morgan fingerprint density at radius 2 is 1.96 bits per heavy atom. The molecular formula is C14H19N6O2S2-. The van der Waals surface area contributed by atoms with Gasteiger partial charge in [0.1, 0.15) is 5.82 Å². The van der Waals surface area contributed by atoms with Crippen molar-refractivity contribution in [3.8, 4) is 0 Å². The third-order valence-electron chi connectivity index (χ3n) is 3.11. The maximum absolute atomic E-state index is 11.6. The first-order chi connectivity index (χ1) is 11.3. The van der Waals surface area contributed by atoms with Gasteiger partial charge in [0.25, 0.3) is 0 Å². The molecule has 0 saturated heterocycles. The van der Waals surface area contributed by atoms with Gasteiger partial charge in [-0.05, 0) is 32.9 Å². The highest BCUT2D eigenvalue weighted by atomic mass is 32.2. The van der Waals surface area contributed by atoms with Crippen LogP contribution in [-0.4, -0.2) is 37.1 Å². The van der Waals surface area contributed by atoms with Crippen molar-refractivity contribution >= 4 is 43.7 Å². The molecule has 1 aromatic carbocycles. The Kier molecular flexibility index (Phi) is 5.84. The minimum Gasteiger partial charge on any atom is -0.575 e. The zero-order chi connectivity index (χ0) is 17.7. The highest BCUT2D eigenvalue weighted by Crippen LogP contribution is 2.38. The predicted molar refractivity (Wildman–Crippen MR) is 96.7 cm³/mol. The quantitative estimate of drug-likeness (QED) is 0.686. The van der Waals surface area contributed by atoms with E-state index in [0.29, 0.717) is 16.6 Å². The van der Waals surface area contributed by atoms with Gasteiger partial charge in [0, 0.05) is 36.6 Å². The number of sulfonamides is 1. The summed E-state index contributed by atoms with van der Waals surface area (Å²) < 4.78 is 31.0. The summed E-state index contributed by atoms with van der Waals surface area (Å²) >= 11 is 1.12. The minimum atomic E-state index is -3.55. The van der Waals surface area contributed by atoms with E-state index in [1.807, 2.05) is 19.9 Å². The van der Waals surface area contributed by atoms with E-state index in [1.165, 1.54) is 0 Å². The van der Waals surface area contributed by atoms with Crippen LogP contribution in [-0.2, 0) is 10.0 Å². The zero-order valence-corrected chi connectivity index (χ0v) is 15.6. The van der Waals surface area contributed by atoms with Gasteiger partial charge in [0.15, 0.2) is 0 Å². The van der Waals surface area contributed by atoms with Gasteiger partial charge >= 0.3 is 0 Å². The molecule has 0 aliphatic heterocycles. The van der Waals surface area contributed by atoms with E-state index < -0.39 is 10.0 Å². The van der Waals surface area contributed by atoms with Gasteiger partial charge in [0.2, 0.25) is 5.13 Å². The molecule has 2 aromatic rings. The van der Waals surface area contributed by atoms with E-state index >= 15 is 0 Å². The second-order valence-corrected chi connectivity index (χ2v) is 7.37. The third-order valence-corrected chi connectivity index (χ3v) is 4.33. The molecule has 0 bridgehead atoms. The van der Waals surface area contributed by atoms with Gasteiger partial charge in [-0.1, -0.05) is 11.8 Å². The summed E-state index contributed by atoms with van der Waals surface area (Å²) in [7, 11) is -3.55. The van der Waals surface area contributed by atoms with Gasteiger partial charge in [-0.25, -0.2) is 13.4 Å². The average Bonchev–Trinajstić information content (AvgIpc) is 2.91. The van der Waals surface area contributed by atoms with Gasteiger partial charge in [0.05, 0.1) is 15.7 Å². The van der Waals surface area contributed by atoms with Crippen LogP contribution in [0.4, 0.5) is 22.2 Å². The molecule has 0 saturated carbocycles. The summed E-state index contributed by atoms with van der Waals surface area (Å²) in [6.07, 6.45) is 1.05. The number of hydrogen-bond acceptors (Lipinski definition) is 8. The molecule has 0 aliphatic rings. The number of rotatable bonds is 7. The lowest BCUT2D eigenvalue weighted by Crippen LogP contribution is -2.21. The highest BCUT2D eigenvalue weighted by molar-refractivity contribution is 7.93. The summed E-state index contributed by atoms with van der Waals surface area (Å²) in [4.78, 5) is 6.19. The van der Waals surface area contributed by atoms with Crippen LogP contribution in [0.15, 0.2) is 28.4 Å².